The van der Waals surface area contributed by atoms with E-state index in [2.05, 4.69) is 0 Å². The van der Waals surface area contributed by atoms with Crippen LogP contribution in [0.4, 0.5) is 34.1 Å². The molecule has 0 radical (unpaired) electrons. The van der Waals surface area contributed by atoms with E-state index in [9.17, 15) is 16.4 Å². The Morgan fingerprint density at radius 1 is 0.477 bits per heavy atom. The summed E-state index contributed by atoms with van der Waals surface area (Å²) in [4.78, 5) is 2.83. The molecule has 310 valence electrons. The van der Waals surface area contributed by atoms with Crippen LogP contribution < -0.4 is 26.2 Å². The summed E-state index contributed by atoms with van der Waals surface area (Å²) < 4.78 is 184. The van der Waals surface area contributed by atoms with Gasteiger partial charge in [-0.25, -0.2) is 0 Å². The Morgan fingerprint density at radius 3 is 1.37 bits per heavy atom. The van der Waals surface area contributed by atoms with Crippen molar-refractivity contribution in [1.82, 2.24) is 0 Å². The van der Waals surface area contributed by atoms with Crippen LogP contribution in [0.25, 0.3) is 66.1 Å². The van der Waals surface area contributed by atoms with Gasteiger partial charge in [0.15, 0.2) is 11.2 Å². The topological polar surface area (TPSA) is 32.8 Å². The van der Waals surface area contributed by atoms with Gasteiger partial charge in [0.1, 0.15) is 11.2 Å². The van der Waals surface area contributed by atoms with Crippen LogP contribution in [0.5, 0.6) is 0 Å². The van der Waals surface area contributed by atoms with Crippen molar-refractivity contribution >= 4 is 124 Å². The van der Waals surface area contributed by atoms with Gasteiger partial charge < -0.3 is 18.6 Å². The van der Waals surface area contributed by atoms with E-state index in [4.69, 9.17) is 40.3 Å². The van der Waals surface area contributed by atoms with Gasteiger partial charge in [0.05, 0.1) is 36.0 Å². The minimum Gasteiger partial charge on any atom is -0.454 e. The van der Waals surface area contributed by atoms with Gasteiger partial charge in [0, 0.05) is 54.3 Å². The number of furan rings is 2. The fourth-order valence-corrected chi connectivity index (χ4v) is 9.36. The molecule has 65 heavy (non-hydrogen) atoms. The first-order chi connectivity index (χ1) is 39.2. The van der Waals surface area contributed by atoms with Crippen LogP contribution in [0.15, 0.2) is 190 Å². The second kappa shape index (κ2) is 14.2. The van der Waals surface area contributed by atoms with Crippen molar-refractivity contribution in [2.24, 2.45) is 0 Å². The van der Waals surface area contributed by atoms with Gasteiger partial charge >= 0.3 is 0 Å². The van der Waals surface area contributed by atoms with Gasteiger partial charge in [0.2, 0.25) is 0 Å². The molecule has 2 aliphatic heterocycles. The molecule has 11 aromatic rings. The number of rotatable bonds is 4. The maximum Gasteiger partial charge on any atom is 0.252 e. The third-order valence-corrected chi connectivity index (χ3v) is 12.4. The molecular weight excluding hydrogens is 838 g/mol. The van der Waals surface area contributed by atoms with Crippen LogP contribution in [0.2, 0.25) is 10.0 Å². The van der Waals surface area contributed by atoms with E-state index in [1.807, 2.05) is 20.8 Å². The lowest BCUT2D eigenvalue weighted by Gasteiger charge is -2.45. The van der Waals surface area contributed by atoms with E-state index in [-0.39, 0.29) is 118 Å². The number of para-hydroxylation sites is 2. The lowest BCUT2D eigenvalue weighted by Crippen LogP contribution is -2.61. The first-order valence-corrected chi connectivity index (χ1v) is 21.4. The number of hydrogen-bond donors (Lipinski definition) is 0. The molecule has 0 saturated heterocycles. The van der Waals surface area contributed by atoms with E-state index in [1.54, 1.807) is 72.8 Å². The molecule has 0 N–H and O–H groups in total. The van der Waals surface area contributed by atoms with E-state index in [0.29, 0.717) is 16.7 Å². The van der Waals surface area contributed by atoms with Crippen molar-refractivity contribution in [1.29, 1.82) is 0 Å². The van der Waals surface area contributed by atoms with E-state index in [1.165, 1.54) is 9.80 Å². The lowest BCUT2D eigenvalue weighted by molar-refractivity contribution is 0.590. The number of anilines is 6. The molecule has 0 fully saturated rings. The highest BCUT2D eigenvalue weighted by Gasteiger charge is 2.45. The molecule has 13 rings (SSSR count). The molecule has 4 nitrogen and oxygen atoms in total. The average Bonchev–Trinajstić information content (AvgIpc) is 1.57. The third-order valence-electron chi connectivity index (χ3n) is 12.0. The third kappa shape index (κ3) is 5.85. The van der Waals surface area contributed by atoms with Gasteiger partial charge in [0.25, 0.3) is 6.71 Å². The fourth-order valence-electron chi connectivity index (χ4n) is 9.09. The summed E-state index contributed by atoms with van der Waals surface area (Å²) in [6.07, 6.45) is 0. The highest BCUT2D eigenvalue weighted by atomic mass is 35.5. The highest BCUT2D eigenvalue weighted by Crippen LogP contribution is 2.52. The molecule has 0 amide bonds. The maximum atomic E-state index is 10.4. The molecule has 0 spiro atoms. The van der Waals surface area contributed by atoms with Crippen LogP contribution in [0.1, 0.15) is 51.0 Å². The molecular formula is C58H39BCl2N2O2. The predicted molar refractivity (Wildman–Crippen MR) is 275 cm³/mol. The Bertz CT molecular complexity index is 4530. The summed E-state index contributed by atoms with van der Waals surface area (Å²) in [5.41, 5.74) is -2.16. The monoisotopic (exact) mass is 894 g/mol. The van der Waals surface area contributed by atoms with Crippen molar-refractivity contribution in [3.63, 3.8) is 0 Å². The summed E-state index contributed by atoms with van der Waals surface area (Å²) in [5.74, 6) is 0. The average molecular weight is 896 g/mol. The van der Waals surface area contributed by atoms with E-state index < -0.39 is 119 Å². The Hall–Kier alpha value is -7.18. The van der Waals surface area contributed by atoms with Gasteiger partial charge in [-0.15, -0.1) is 0 Å². The predicted octanol–water partition coefficient (Wildman–Crippen LogP) is 15.5. The van der Waals surface area contributed by atoms with Gasteiger partial charge in [-0.1, -0.05) is 153 Å². The van der Waals surface area contributed by atoms with Crippen molar-refractivity contribution in [3.05, 3.63) is 197 Å². The molecule has 0 saturated carbocycles. The largest absolute Gasteiger partial charge is 0.454 e. The van der Waals surface area contributed by atoms with Crippen LogP contribution >= 0.6 is 23.2 Å². The smallest absolute Gasteiger partial charge is 0.252 e. The Morgan fingerprint density at radius 2 is 0.923 bits per heavy atom. The fraction of sp³-hybridized carbons (Fsp3) is 0.0690. The first-order valence-electron chi connectivity index (χ1n) is 29.6. The van der Waals surface area contributed by atoms with Crippen molar-refractivity contribution in [3.8, 4) is 22.3 Å². The van der Waals surface area contributed by atoms with E-state index >= 15 is 0 Å². The Kier molecular flexibility index (Phi) is 5.27. The zero-order valence-electron chi connectivity index (χ0n) is 52.5. The minimum atomic E-state index is -1.50. The molecule has 0 aliphatic carbocycles. The van der Waals surface area contributed by atoms with Crippen LogP contribution in [-0.4, -0.2) is 6.71 Å². The minimum absolute atomic E-state index is 0.0365. The molecule has 9 aromatic carbocycles. The molecule has 4 heterocycles. The molecule has 2 aliphatic rings. The summed E-state index contributed by atoms with van der Waals surface area (Å²) in [5, 5.41) is -1.66. The molecule has 7 heteroatoms. The number of nitrogens with zero attached hydrogens (tertiary/aromatic N) is 2. The van der Waals surface area contributed by atoms with Gasteiger partial charge in [-0.05, 0) is 122 Å². The molecule has 0 unspecified atom stereocenters. The van der Waals surface area contributed by atoms with Gasteiger partial charge in [-0.3, -0.25) is 0 Å². The lowest BCUT2D eigenvalue weighted by atomic mass is 9.33. The Labute approximate surface area is 412 Å². The number of benzene rings is 9. The molecule has 0 atom stereocenters. The van der Waals surface area contributed by atoms with Crippen molar-refractivity contribution < 1.29 is 33.5 Å². The number of hydrogen-bond acceptors (Lipinski definition) is 4. The quantitative estimate of drug-likeness (QED) is 0.165. The SMILES string of the molecule is [2H]c1c([2H])c2c(c([2H])c1Cl)N(c1c([2H])c(-c3ccccc3)c([2H])c3c1oc1c([2H])c([2H])c([2H])c([2H])c13)c1cc(C(C)(C)C)cc3c1B2c1c([2H])c([2H])c(Cl)c([2H])c1N3c1c([2H])c(-c2ccccc2)c([2H])c2c1oc1c([2H])c([2H])c([2H])c([2H])c12. The zero-order valence-corrected chi connectivity index (χ0v) is 36.0. The van der Waals surface area contributed by atoms with Crippen molar-refractivity contribution in [2.45, 2.75) is 26.2 Å². The normalized spacial score (nSPS) is 17.1. The summed E-state index contributed by atoms with van der Waals surface area (Å²) in [6, 6.07) is 10.4. The summed E-state index contributed by atoms with van der Waals surface area (Å²) >= 11 is 14.0. The Balaban J connectivity index is 1.30. The van der Waals surface area contributed by atoms with Crippen LogP contribution in [-0.2, 0) is 5.41 Å². The van der Waals surface area contributed by atoms with Gasteiger partial charge in [-0.2, -0.15) is 0 Å². The standard InChI is InChI=1S/C58H39BCl2N2O2/c1-58(2,3)38-30-49-55-50(31-38)63(52-29-37(35-16-8-5-9-17-35)27-44-42-19-11-13-21-54(42)65-57(44)52)48-33-40(61)23-25-46(48)59(55)45-24-22-39(60)32-47(45)62(49)51-28-36(34-14-6-4-7-15-34)26-43-41-18-10-12-20-53(41)64-56(43)51/h4-33H,1-3H3/i10D,11D,12D,13D,18D,19D,20D,21D,22D,23D,24D,25D,26D,27D,28D,29D,32D,33D. The van der Waals surface area contributed by atoms with E-state index in [0.717, 1.165) is 0 Å². The molecule has 0 bridgehead atoms. The maximum absolute atomic E-state index is 10.4. The summed E-state index contributed by atoms with van der Waals surface area (Å²) in [7, 11) is 0. The highest BCUT2D eigenvalue weighted by molar-refractivity contribution is 7.00. The first kappa shape index (κ1) is 24.2. The van der Waals surface area contributed by atoms with Crippen LogP contribution in [0, 0.1) is 0 Å². The number of halogens is 2. The van der Waals surface area contributed by atoms with Crippen molar-refractivity contribution in [2.75, 3.05) is 9.80 Å². The second-order valence-corrected chi connectivity index (χ2v) is 17.6. The van der Waals surface area contributed by atoms with Crippen LogP contribution in [0.3, 0.4) is 0 Å². The second-order valence-electron chi connectivity index (χ2n) is 16.9. The zero-order chi connectivity index (χ0) is 59.4. The number of fused-ring (bicyclic) bond motifs is 10. The molecule has 2 aromatic heterocycles. The summed E-state index contributed by atoms with van der Waals surface area (Å²) in [6.45, 7) is 4.17.